The lowest BCUT2D eigenvalue weighted by Crippen LogP contribution is -2.19. The normalized spacial score (nSPS) is 12.3. The van der Waals surface area contributed by atoms with E-state index < -0.39 is 9.84 Å². The molecule has 0 aliphatic rings. The molecule has 0 aliphatic carbocycles. The molecule has 0 aromatic rings. The molecule has 5 heteroatoms. The molecule has 4 nitrogen and oxygen atoms in total. The third-order valence-electron chi connectivity index (χ3n) is 1.44. The summed E-state index contributed by atoms with van der Waals surface area (Å²) in [5.74, 6) is 0.152. The van der Waals surface area contributed by atoms with E-state index in [-0.39, 0.29) is 30.8 Å². The van der Waals surface area contributed by atoms with Gasteiger partial charge in [-0.1, -0.05) is 0 Å². The first-order chi connectivity index (χ1) is 5.98. The Morgan fingerprint density at radius 2 is 1.69 bits per heavy atom. The molecule has 0 unspecified atom stereocenters. The van der Waals surface area contributed by atoms with Crippen LogP contribution in [0.5, 0.6) is 0 Å². The van der Waals surface area contributed by atoms with Crippen molar-refractivity contribution in [2.45, 2.75) is 20.0 Å². The highest BCUT2D eigenvalue weighted by molar-refractivity contribution is 7.91. The molecule has 0 fully saturated rings. The highest BCUT2D eigenvalue weighted by Crippen LogP contribution is 1.93. The Morgan fingerprint density at radius 3 is 2.15 bits per heavy atom. The molecule has 0 bridgehead atoms. The highest BCUT2D eigenvalue weighted by atomic mass is 32.2. The molecule has 13 heavy (non-hydrogen) atoms. The van der Waals surface area contributed by atoms with E-state index in [0.717, 1.165) is 0 Å². The van der Waals surface area contributed by atoms with E-state index in [4.69, 9.17) is 4.74 Å². The first kappa shape index (κ1) is 12.9. The minimum Gasteiger partial charge on any atom is -0.384 e. The summed E-state index contributed by atoms with van der Waals surface area (Å²) in [7, 11) is -1.50. The molecule has 0 saturated carbocycles. The van der Waals surface area contributed by atoms with Gasteiger partial charge in [0.05, 0.1) is 30.8 Å². The number of hydrogen-bond acceptors (Lipinski definition) is 4. The van der Waals surface area contributed by atoms with Gasteiger partial charge in [0, 0.05) is 7.11 Å². The van der Waals surface area contributed by atoms with Crippen molar-refractivity contribution in [3.05, 3.63) is 0 Å². The minimum absolute atomic E-state index is 0.0744. The van der Waals surface area contributed by atoms with Gasteiger partial charge in [-0.15, -0.1) is 0 Å². The molecule has 0 rings (SSSR count). The zero-order valence-corrected chi connectivity index (χ0v) is 9.26. The molecule has 0 heterocycles. The van der Waals surface area contributed by atoms with Gasteiger partial charge in [0.1, 0.15) is 0 Å². The zero-order valence-electron chi connectivity index (χ0n) is 8.45. The Balaban J connectivity index is 3.64. The van der Waals surface area contributed by atoms with Crippen molar-refractivity contribution in [1.82, 2.24) is 0 Å². The molecule has 0 saturated heterocycles. The van der Waals surface area contributed by atoms with Crippen LogP contribution in [0.2, 0.25) is 0 Å². The van der Waals surface area contributed by atoms with Gasteiger partial charge in [0.25, 0.3) is 0 Å². The summed E-state index contributed by atoms with van der Waals surface area (Å²) in [4.78, 5) is 0. The molecule has 80 valence electrons. The van der Waals surface area contributed by atoms with E-state index in [1.54, 1.807) is 0 Å². The topological polar surface area (TPSA) is 52.6 Å². The van der Waals surface area contributed by atoms with Crippen LogP contribution in [-0.4, -0.2) is 46.4 Å². The van der Waals surface area contributed by atoms with E-state index in [9.17, 15) is 8.42 Å². The van der Waals surface area contributed by atoms with Crippen LogP contribution in [0.4, 0.5) is 0 Å². The van der Waals surface area contributed by atoms with Gasteiger partial charge < -0.3 is 9.47 Å². The summed E-state index contributed by atoms with van der Waals surface area (Å²) in [6.07, 6.45) is 0.0811. The predicted octanol–water partition coefficient (Wildman–Crippen LogP) is 0.473. The molecular weight excluding hydrogens is 192 g/mol. The number of hydrogen-bond donors (Lipinski definition) is 0. The van der Waals surface area contributed by atoms with Crippen LogP contribution in [0.3, 0.4) is 0 Å². The Hall–Kier alpha value is -0.130. The van der Waals surface area contributed by atoms with Crippen LogP contribution >= 0.6 is 0 Å². The molecule has 0 aromatic heterocycles. The van der Waals surface area contributed by atoms with Crippen molar-refractivity contribution in [2.24, 2.45) is 0 Å². The SMILES string of the molecule is COCCS(=O)(=O)CCOC(C)C. The van der Waals surface area contributed by atoms with Crippen molar-refractivity contribution >= 4 is 9.84 Å². The third kappa shape index (κ3) is 8.21. The number of ether oxygens (including phenoxy) is 2. The molecule has 0 radical (unpaired) electrons. The van der Waals surface area contributed by atoms with Crippen LogP contribution in [0.1, 0.15) is 13.8 Å². The maximum absolute atomic E-state index is 11.2. The highest BCUT2D eigenvalue weighted by Gasteiger charge is 2.10. The fraction of sp³-hybridized carbons (Fsp3) is 1.00. The fourth-order valence-corrected chi connectivity index (χ4v) is 1.70. The van der Waals surface area contributed by atoms with Crippen LogP contribution in [0.15, 0.2) is 0 Å². The fourth-order valence-electron chi connectivity index (χ4n) is 0.723. The lowest BCUT2D eigenvalue weighted by Gasteiger charge is -2.07. The van der Waals surface area contributed by atoms with E-state index in [1.165, 1.54) is 7.11 Å². The second-order valence-corrected chi connectivity index (χ2v) is 5.37. The smallest absolute Gasteiger partial charge is 0.154 e. The van der Waals surface area contributed by atoms with Gasteiger partial charge in [-0.25, -0.2) is 8.42 Å². The summed E-state index contributed by atoms with van der Waals surface area (Å²) in [6.45, 7) is 4.28. The quantitative estimate of drug-likeness (QED) is 0.613. The van der Waals surface area contributed by atoms with Crippen LogP contribution in [0, 0.1) is 0 Å². The summed E-state index contributed by atoms with van der Waals surface area (Å²) in [6, 6.07) is 0. The van der Waals surface area contributed by atoms with E-state index in [0.29, 0.717) is 0 Å². The first-order valence-corrected chi connectivity index (χ1v) is 6.11. The van der Waals surface area contributed by atoms with E-state index in [1.807, 2.05) is 13.8 Å². The van der Waals surface area contributed by atoms with E-state index >= 15 is 0 Å². The maximum Gasteiger partial charge on any atom is 0.154 e. The lowest BCUT2D eigenvalue weighted by atomic mass is 10.5. The Kier molecular flexibility index (Phi) is 6.28. The Bertz CT molecular complexity index is 208. The van der Waals surface area contributed by atoms with Crippen molar-refractivity contribution < 1.29 is 17.9 Å². The molecule has 0 aliphatic heterocycles. The van der Waals surface area contributed by atoms with Crippen LogP contribution in [-0.2, 0) is 19.3 Å². The lowest BCUT2D eigenvalue weighted by molar-refractivity contribution is 0.0912. The van der Waals surface area contributed by atoms with Crippen molar-refractivity contribution in [2.75, 3.05) is 31.8 Å². The maximum atomic E-state index is 11.2. The summed E-state index contributed by atoms with van der Waals surface area (Å²) in [5.41, 5.74) is 0. The molecule has 0 atom stereocenters. The molecule has 0 spiro atoms. The first-order valence-electron chi connectivity index (χ1n) is 4.29. The monoisotopic (exact) mass is 210 g/mol. The summed E-state index contributed by atoms with van der Waals surface area (Å²) in [5, 5.41) is 0. The van der Waals surface area contributed by atoms with E-state index in [2.05, 4.69) is 4.74 Å². The molecule has 0 N–H and O–H groups in total. The van der Waals surface area contributed by atoms with Gasteiger partial charge in [0.15, 0.2) is 9.84 Å². The second-order valence-electron chi connectivity index (χ2n) is 3.06. The third-order valence-corrected chi connectivity index (χ3v) is 3.02. The van der Waals surface area contributed by atoms with Crippen molar-refractivity contribution in [3.63, 3.8) is 0 Å². The molecule has 0 aromatic carbocycles. The molecule has 0 amide bonds. The Labute approximate surface area is 80.1 Å². The number of rotatable bonds is 7. The van der Waals surface area contributed by atoms with Crippen LogP contribution < -0.4 is 0 Å². The molecular formula is C8H18O4S. The summed E-state index contributed by atoms with van der Waals surface area (Å²) < 4.78 is 32.2. The summed E-state index contributed by atoms with van der Waals surface area (Å²) >= 11 is 0. The van der Waals surface area contributed by atoms with Crippen molar-refractivity contribution in [3.8, 4) is 0 Å². The second kappa shape index (κ2) is 6.34. The minimum atomic E-state index is -2.99. The average molecular weight is 210 g/mol. The predicted molar refractivity (Wildman–Crippen MR) is 51.6 cm³/mol. The largest absolute Gasteiger partial charge is 0.384 e. The van der Waals surface area contributed by atoms with Gasteiger partial charge >= 0.3 is 0 Å². The average Bonchev–Trinajstić information content (AvgIpc) is 2.00. The number of sulfone groups is 1. The standard InChI is InChI=1S/C8H18O4S/c1-8(2)12-5-7-13(9,10)6-4-11-3/h8H,4-7H2,1-3H3. The van der Waals surface area contributed by atoms with Crippen LogP contribution in [0.25, 0.3) is 0 Å². The zero-order chi connectivity index (χ0) is 10.3. The van der Waals surface area contributed by atoms with Gasteiger partial charge in [-0.3, -0.25) is 0 Å². The number of methoxy groups -OCH3 is 1. The van der Waals surface area contributed by atoms with Crippen molar-refractivity contribution in [1.29, 1.82) is 0 Å². The van der Waals surface area contributed by atoms with Gasteiger partial charge in [0.2, 0.25) is 0 Å². The van der Waals surface area contributed by atoms with Gasteiger partial charge in [-0.05, 0) is 13.8 Å². The van der Waals surface area contributed by atoms with Gasteiger partial charge in [-0.2, -0.15) is 0 Å². The Morgan fingerprint density at radius 1 is 1.15 bits per heavy atom.